The Morgan fingerprint density at radius 2 is 1.20 bits per heavy atom. The zero-order chi connectivity index (χ0) is 37.8. The molecule has 0 fully saturated rings. The Balaban J connectivity index is 5.42. The van der Waals surface area contributed by atoms with Crippen LogP contribution in [0.25, 0.3) is 0 Å². The van der Waals surface area contributed by atoms with E-state index in [2.05, 4.69) is 44.5 Å². The second-order valence-electron chi connectivity index (χ2n) is 13.1. The molecular weight excluding hydrogens is 660 g/mol. The van der Waals surface area contributed by atoms with Crippen molar-refractivity contribution in [1.82, 2.24) is 31.9 Å². The minimum absolute atomic E-state index is 0.0121. The third-order valence-electron chi connectivity index (χ3n) is 7.29. The Bertz CT molecular complexity index is 1110. The average molecular weight is 719 g/mol. The van der Waals surface area contributed by atoms with Crippen molar-refractivity contribution in [1.29, 1.82) is 0 Å². The summed E-state index contributed by atoms with van der Waals surface area (Å²) in [5.74, 6) is -6.32. The van der Waals surface area contributed by atoms with Crippen molar-refractivity contribution < 1.29 is 43.8 Å². The summed E-state index contributed by atoms with van der Waals surface area (Å²) in [6.45, 7) is 9.71. The van der Waals surface area contributed by atoms with Gasteiger partial charge >= 0.3 is 5.97 Å². The molecule has 12 N–H and O–H groups in total. The highest BCUT2D eigenvalue weighted by Gasteiger charge is 2.33. The van der Waals surface area contributed by atoms with E-state index in [1.165, 1.54) is 0 Å². The van der Waals surface area contributed by atoms with Gasteiger partial charge in [-0.15, -0.1) is 0 Å². The number of aliphatic carboxylic acids is 1. The molecule has 0 rings (SSSR count). The molecule has 49 heavy (non-hydrogen) atoms. The number of carbonyl (C=O) groups excluding carboxylic acids is 6. The van der Waals surface area contributed by atoms with Gasteiger partial charge in [-0.2, -0.15) is 12.6 Å². The van der Waals surface area contributed by atoms with E-state index in [9.17, 15) is 43.8 Å². The molecule has 6 unspecified atom stereocenters. The number of aliphatic hydroxyl groups is 1. The highest BCUT2D eigenvalue weighted by atomic mass is 32.1. The molecule has 0 radical (unpaired) electrons. The van der Waals surface area contributed by atoms with Gasteiger partial charge in [0, 0.05) is 5.75 Å². The number of hydrogen-bond donors (Lipinski definition) is 11. The van der Waals surface area contributed by atoms with E-state index in [0.717, 1.165) is 0 Å². The lowest BCUT2D eigenvalue weighted by molar-refractivity contribution is -0.143. The van der Waals surface area contributed by atoms with Crippen molar-refractivity contribution in [3.05, 3.63) is 0 Å². The first-order chi connectivity index (χ1) is 22.9. The van der Waals surface area contributed by atoms with Crippen LogP contribution in [0, 0.1) is 17.8 Å². The molecule has 0 aromatic carbocycles. The zero-order valence-electron chi connectivity index (χ0n) is 29.4. The molecule has 0 aromatic heterocycles. The second kappa shape index (κ2) is 23.8. The maximum Gasteiger partial charge on any atom is 0.326 e. The van der Waals surface area contributed by atoms with Crippen LogP contribution in [-0.2, 0) is 33.6 Å². The van der Waals surface area contributed by atoms with Crippen molar-refractivity contribution in [2.24, 2.45) is 29.2 Å². The van der Waals surface area contributed by atoms with E-state index in [1.54, 1.807) is 13.8 Å². The Morgan fingerprint density at radius 1 is 0.673 bits per heavy atom. The van der Waals surface area contributed by atoms with Gasteiger partial charge in [0.15, 0.2) is 0 Å². The van der Waals surface area contributed by atoms with Gasteiger partial charge in [0.25, 0.3) is 0 Å². The van der Waals surface area contributed by atoms with E-state index < -0.39 is 96.7 Å². The first-order valence-corrected chi connectivity index (χ1v) is 17.2. The summed E-state index contributed by atoms with van der Waals surface area (Å²) < 4.78 is 0. The number of unbranched alkanes of at least 4 members (excludes halogenated alkanes) is 1. The number of hydrogen-bond acceptors (Lipinski definition) is 11. The number of nitrogens with one attached hydrogen (secondary N) is 6. The summed E-state index contributed by atoms with van der Waals surface area (Å²) in [5.41, 5.74) is 11.2. The highest BCUT2D eigenvalue weighted by molar-refractivity contribution is 7.80. The Labute approximate surface area is 294 Å². The molecule has 0 spiro atoms. The molecule has 6 amide bonds. The number of carbonyl (C=O) groups is 7. The maximum atomic E-state index is 13.4. The Morgan fingerprint density at radius 3 is 1.69 bits per heavy atom. The van der Waals surface area contributed by atoms with Crippen LogP contribution < -0.4 is 43.4 Å². The topological polar surface area (TPSA) is 284 Å². The van der Waals surface area contributed by atoms with Gasteiger partial charge in [0.2, 0.25) is 35.4 Å². The predicted molar refractivity (Wildman–Crippen MR) is 186 cm³/mol. The van der Waals surface area contributed by atoms with Crippen LogP contribution in [0.3, 0.4) is 0 Å². The first kappa shape index (κ1) is 45.5. The fraction of sp³-hybridized carbons (Fsp3) is 0.774. The largest absolute Gasteiger partial charge is 0.480 e. The summed E-state index contributed by atoms with van der Waals surface area (Å²) in [7, 11) is 0. The molecule has 0 heterocycles. The fourth-order valence-corrected chi connectivity index (χ4v) is 4.82. The zero-order valence-corrected chi connectivity index (χ0v) is 30.3. The predicted octanol–water partition coefficient (Wildman–Crippen LogP) is -2.26. The third-order valence-corrected chi connectivity index (χ3v) is 7.65. The summed E-state index contributed by atoms with van der Waals surface area (Å²) in [5, 5.41) is 33.8. The van der Waals surface area contributed by atoms with Gasteiger partial charge in [-0.3, -0.25) is 28.8 Å². The Kier molecular flexibility index (Phi) is 22.1. The fourth-order valence-electron chi connectivity index (χ4n) is 4.56. The van der Waals surface area contributed by atoms with Gasteiger partial charge in [-0.05, 0) is 50.0 Å². The molecule has 6 atom stereocenters. The number of carboxylic acids is 1. The van der Waals surface area contributed by atoms with Crippen LogP contribution in [0.15, 0.2) is 0 Å². The second-order valence-corrected chi connectivity index (χ2v) is 13.5. The van der Waals surface area contributed by atoms with Crippen LogP contribution in [0.2, 0.25) is 0 Å². The number of aliphatic hydroxyl groups excluding tert-OH is 1. The number of thiol groups is 1. The number of rotatable bonds is 24. The molecule has 0 aliphatic carbocycles. The molecule has 0 saturated carbocycles. The van der Waals surface area contributed by atoms with E-state index in [1.807, 2.05) is 27.7 Å². The molecule has 0 aromatic rings. The monoisotopic (exact) mass is 718 g/mol. The van der Waals surface area contributed by atoms with Gasteiger partial charge in [0.1, 0.15) is 30.2 Å². The lowest BCUT2D eigenvalue weighted by Crippen LogP contribution is -2.59. The minimum Gasteiger partial charge on any atom is -0.480 e. The molecule has 282 valence electrons. The van der Waals surface area contributed by atoms with Crippen LogP contribution in [0.1, 0.15) is 73.6 Å². The summed E-state index contributed by atoms with van der Waals surface area (Å²) in [6, 6.07) is -6.89. The minimum atomic E-state index is -1.37. The highest BCUT2D eigenvalue weighted by Crippen LogP contribution is 2.11. The van der Waals surface area contributed by atoms with Crippen molar-refractivity contribution in [3.8, 4) is 0 Å². The van der Waals surface area contributed by atoms with Gasteiger partial charge < -0.3 is 53.6 Å². The van der Waals surface area contributed by atoms with Crippen molar-refractivity contribution in [2.75, 3.05) is 25.4 Å². The SMILES string of the molecule is CC(C)CC(NC(=O)C(NC(=O)C(CC(C)C)NC(=O)C(CS)NC(=O)CNC(=O)C(CO)NC(=O)C(N)CCCCN)C(C)C)C(=O)O. The van der Waals surface area contributed by atoms with E-state index in [4.69, 9.17) is 11.5 Å². The number of carboxylic acid groups (broad SMARTS) is 1. The molecule has 0 saturated heterocycles. The van der Waals surface area contributed by atoms with Crippen LogP contribution >= 0.6 is 12.6 Å². The quantitative estimate of drug-likeness (QED) is 0.0374. The molecule has 0 aliphatic heterocycles. The smallest absolute Gasteiger partial charge is 0.326 e. The molecular formula is C31H58N8O9S. The van der Waals surface area contributed by atoms with Gasteiger partial charge in [-0.25, -0.2) is 4.79 Å². The Hall–Kier alpha value is -3.48. The van der Waals surface area contributed by atoms with Crippen LogP contribution in [0.4, 0.5) is 0 Å². The summed E-state index contributed by atoms with van der Waals surface area (Å²) >= 11 is 4.13. The molecule has 17 nitrogen and oxygen atoms in total. The maximum absolute atomic E-state index is 13.4. The van der Waals surface area contributed by atoms with Crippen LogP contribution in [0.5, 0.6) is 0 Å². The average Bonchev–Trinajstić information content (AvgIpc) is 3.01. The lowest BCUT2D eigenvalue weighted by Gasteiger charge is -2.28. The standard InChI is InChI=1S/C31H58N8O9S/c1-16(2)11-20(28(44)39-25(18(5)6)30(46)37-21(31(47)48)12-17(3)4)36-29(45)23(15-49)35-24(41)13-34-27(43)22(14-40)38-26(42)19(33)9-7-8-10-32/h16-23,25,40,49H,7-15,32-33H2,1-6H3,(H,34,43)(H,35,41)(H,36,45)(H,37,46)(H,38,42)(H,39,44)(H,47,48). The lowest BCUT2D eigenvalue weighted by atomic mass is 9.98. The molecule has 0 bridgehead atoms. The van der Waals surface area contributed by atoms with Crippen LogP contribution in [-0.4, -0.2) is 113 Å². The summed E-state index contributed by atoms with van der Waals surface area (Å²) in [4.78, 5) is 88.7. The van der Waals surface area contributed by atoms with Gasteiger partial charge in [-0.1, -0.05) is 48.0 Å². The van der Waals surface area contributed by atoms with Crippen molar-refractivity contribution in [2.45, 2.75) is 110 Å². The third kappa shape index (κ3) is 18.2. The van der Waals surface area contributed by atoms with Crippen molar-refractivity contribution in [3.63, 3.8) is 0 Å². The van der Waals surface area contributed by atoms with Crippen molar-refractivity contribution >= 4 is 54.0 Å². The first-order valence-electron chi connectivity index (χ1n) is 16.6. The summed E-state index contributed by atoms with van der Waals surface area (Å²) in [6.07, 6.45) is 1.97. The normalized spacial score (nSPS) is 15.0. The molecule has 18 heteroatoms. The number of nitrogens with two attached hydrogens (primary N) is 2. The number of amides is 6. The van der Waals surface area contributed by atoms with E-state index in [-0.39, 0.29) is 30.4 Å². The van der Waals surface area contributed by atoms with E-state index in [0.29, 0.717) is 25.8 Å². The van der Waals surface area contributed by atoms with Gasteiger partial charge in [0.05, 0.1) is 19.2 Å². The molecule has 0 aliphatic rings. The van der Waals surface area contributed by atoms with E-state index >= 15 is 0 Å².